The van der Waals surface area contributed by atoms with Crippen LogP contribution in [0.25, 0.3) is 0 Å². The van der Waals surface area contributed by atoms with E-state index < -0.39 is 0 Å². The number of nitrogens with zero attached hydrogens (tertiary/aromatic N) is 1. The summed E-state index contributed by atoms with van der Waals surface area (Å²) in [4.78, 5) is 0. The number of hydrogen-bond donors (Lipinski definition) is 1. The van der Waals surface area contributed by atoms with Crippen molar-refractivity contribution in [1.29, 1.82) is 0 Å². The predicted molar refractivity (Wildman–Crippen MR) is 48.7 cm³/mol. The third-order valence-corrected chi connectivity index (χ3v) is 1.45. The first kappa shape index (κ1) is 9.53. The first-order valence-electron chi connectivity index (χ1n) is 3.95. The fourth-order valence-corrected chi connectivity index (χ4v) is 0.422. The minimum absolute atomic E-state index is 0.560. The Morgan fingerprint density at radius 2 is 2.20 bits per heavy atom. The molecular formula is C7H17BN2. The van der Waals surface area contributed by atoms with E-state index in [2.05, 4.69) is 31.2 Å². The molecule has 1 N–H and O–H groups in total. The van der Waals surface area contributed by atoms with Crippen LogP contribution in [0.3, 0.4) is 0 Å². The molecule has 58 valence electrons. The smallest absolute Gasteiger partial charge is 0.254 e. The summed E-state index contributed by atoms with van der Waals surface area (Å²) in [7, 11) is 0.976. The van der Waals surface area contributed by atoms with Crippen LogP contribution in [-0.2, 0) is 0 Å². The van der Waals surface area contributed by atoms with Crippen molar-refractivity contribution < 1.29 is 0 Å². The van der Waals surface area contributed by atoms with Crippen LogP contribution in [0, 0.1) is 5.92 Å². The van der Waals surface area contributed by atoms with E-state index in [0.717, 1.165) is 13.7 Å². The van der Waals surface area contributed by atoms with Crippen molar-refractivity contribution in [1.82, 2.24) is 5.34 Å². The summed E-state index contributed by atoms with van der Waals surface area (Å²) in [5, 5.41) is 7.18. The predicted octanol–water partition coefficient (Wildman–Crippen LogP) is 1.40. The molecule has 0 amide bonds. The first-order chi connectivity index (χ1) is 4.68. The van der Waals surface area contributed by atoms with Crippen LogP contribution in [0.2, 0.25) is 6.32 Å². The van der Waals surface area contributed by atoms with Gasteiger partial charge in [0, 0.05) is 5.71 Å². The van der Waals surface area contributed by atoms with E-state index in [4.69, 9.17) is 0 Å². The second kappa shape index (κ2) is 5.33. The summed E-state index contributed by atoms with van der Waals surface area (Å²) >= 11 is 0. The highest BCUT2D eigenvalue weighted by molar-refractivity contribution is 6.31. The zero-order valence-electron chi connectivity index (χ0n) is 7.44. The zero-order valence-corrected chi connectivity index (χ0v) is 7.44. The van der Waals surface area contributed by atoms with E-state index in [1.165, 1.54) is 5.71 Å². The van der Waals surface area contributed by atoms with Crippen LogP contribution in [0.1, 0.15) is 27.7 Å². The van der Waals surface area contributed by atoms with Gasteiger partial charge in [0.15, 0.2) is 0 Å². The van der Waals surface area contributed by atoms with E-state index in [9.17, 15) is 0 Å². The molecule has 0 saturated carbocycles. The molecule has 0 rings (SSSR count). The summed E-state index contributed by atoms with van der Waals surface area (Å²) in [5.74, 6) is 0.560. The molecule has 0 aliphatic heterocycles. The average Bonchev–Trinajstić information content (AvgIpc) is 1.88. The minimum atomic E-state index is 0.560. The van der Waals surface area contributed by atoms with Crippen LogP contribution < -0.4 is 5.34 Å². The largest absolute Gasteiger partial charge is 0.357 e. The maximum atomic E-state index is 4.18. The molecule has 0 aromatic carbocycles. The van der Waals surface area contributed by atoms with Crippen molar-refractivity contribution in [2.75, 3.05) is 0 Å². The van der Waals surface area contributed by atoms with E-state index in [0.29, 0.717) is 5.92 Å². The zero-order chi connectivity index (χ0) is 7.98. The van der Waals surface area contributed by atoms with Gasteiger partial charge in [-0.1, -0.05) is 27.1 Å². The van der Waals surface area contributed by atoms with Gasteiger partial charge in [-0.2, -0.15) is 0 Å². The lowest BCUT2D eigenvalue weighted by Gasteiger charge is -2.03. The van der Waals surface area contributed by atoms with Crippen molar-refractivity contribution in [3.05, 3.63) is 0 Å². The highest BCUT2D eigenvalue weighted by Crippen LogP contribution is 1.93. The molecule has 0 aliphatic carbocycles. The van der Waals surface area contributed by atoms with E-state index in [-0.39, 0.29) is 0 Å². The molecule has 2 nitrogen and oxygen atoms in total. The molecule has 3 heteroatoms. The third-order valence-electron chi connectivity index (χ3n) is 1.45. The van der Waals surface area contributed by atoms with Crippen LogP contribution in [-0.4, -0.2) is 13.1 Å². The Bertz CT molecular complexity index is 110. The van der Waals surface area contributed by atoms with Crippen molar-refractivity contribution in [3.63, 3.8) is 0 Å². The Morgan fingerprint density at radius 1 is 1.60 bits per heavy atom. The molecular weight excluding hydrogens is 123 g/mol. The first-order valence-corrected chi connectivity index (χ1v) is 3.95. The van der Waals surface area contributed by atoms with Gasteiger partial charge in [0.05, 0.1) is 0 Å². The molecule has 0 bridgehead atoms. The van der Waals surface area contributed by atoms with Gasteiger partial charge in [-0.25, -0.2) is 5.10 Å². The molecule has 0 aliphatic rings. The van der Waals surface area contributed by atoms with Gasteiger partial charge in [-0.15, -0.1) is 0 Å². The molecule has 0 aromatic heterocycles. The van der Waals surface area contributed by atoms with Crippen molar-refractivity contribution in [2.45, 2.75) is 34.0 Å². The summed E-state index contributed by atoms with van der Waals surface area (Å²) in [6.07, 6.45) is 1.13. The van der Waals surface area contributed by atoms with Crippen molar-refractivity contribution in [2.24, 2.45) is 11.0 Å². The number of hydrogen-bond acceptors (Lipinski definition) is 2. The summed E-state index contributed by atoms with van der Waals surface area (Å²) in [5.41, 5.74) is 1.17. The van der Waals surface area contributed by atoms with Crippen LogP contribution in [0.15, 0.2) is 5.10 Å². The Hall–Kier alpha value is -0.465. The number of rotatable bonds is 4. The lowest BCUT2D eigenvalue weighted by molar-refractivity contribution is 0.857. The number of nitrogens with one attached hydrogen (secondary N) is 1. The Balaban J connectivity index is 3.48. The SMILES string of the molecule is CCBN/N=C(\C)C(C)C. The highest BCUT2D eigenvalue weighted by atomic mass is 15.2. The molecule has 0 aromatic rings. The molecule has 0 fully saturated rings. The van der Waals surface area contributed by atoms with Crippen molar-refractivity contribution >= 4 is 13.1 Å². The van der Waals surface area contributed by atoms with Gasteiger partial charge in [0.1, 0.15) is 0 Å². The van der Waals surface area contributed by atoms with Crippen molar-refractivity contribution in [3.8, 4) is 0 Å². The topological polar surface area (TPSA) is 24.4 Å². The van der Waals surface area contributed by atoms with Gasteiger partial charge >= 0.3 is 0 Å². The highest BCUT2D eigenvalue weighted by Gasteiger charge is 1.95. The monoisotopic (exact) mass is 140 g/mol. The molecule has 0 radical (unpaired) electrons. The molecule has 0 unspecified atom stereocenters. The fourth-order valence-electron chi connectivity index (χ4n) is 0.422. The maximum absolute atomic E-state index is 4.18. The maximum Gasteiger partial charge on any atom is 0.254 e. The van der Waals surface area contributed by atoms with E-state index in [1.54, 1.807) is 0 Å². The van der Waals surface area contributed by atoms with Gasteiger partial charge < -0.3 is 5.34 Å². The van der Waals surface area contributed by atoms with Gasteiger partial charge in [0.25, 0.3) is 7.41 Å². The molecule has 0 spiro atoms. The van der Waals surface area contributed by atoms with Crippen LogP contribution in [0.5, 0.6) is 0 Å². The fraction of sp³-hybridized carbons (Fsp3) is 0.857. The lowest BCUT2D eigenvalue weighted by atomic mass is 9.93. The Kier molecular flexibility index (Phi) is 5.08. The lowest BCUT2D eigenvalue weighted by Crippen LogP contribution is -2.15. The second-order valence-electron chi connectivity index (χ2n) is 2.82. The molecule has 0 atom stereocenters. The third kappa shape index (κ3) is 4.42. The summed E-state index contributed by atoms with van der Waals surface area (Å²) in [6, 6.07) is 0. The molecule has 0 saturated heterocycles. The quantitative estimate of drug-likeness (QED) is 0.271. The summed E-state index contributed by atoms with van der Waals surface area (Å²) in [6.45, 7) is 8.47. The number of hydrazone groups is 1. The summed E-state index contributed by atoms with van der Waals surface area (Å²) < 4.78 is 0. The molecule has 0 heterocycles. The normalized spacial score (nSPS) is 11.9. The average molecular weight is 140 g/mol. The van der Waals surface area contributed by atoms with E-state index in [1.807, 2.05) is 6.92 Å². The van der Waals surface area contributed by atoms with Crippen LogP contribution in [0.4, 0.5) is 0 Å². The van der Waals surface area contributed by atoms with Gasteiger partial charge in [-0.3, -0.25) is 0 Å². The standard InChI is InChI=1S/C7H17BN2/c1-5-8-10-9-7(4)6(2)3/h6,8,10H,5H2,1-4H3/b9-7+. The van der Waals surface area contributed by atoms with Gasteiger partial charge in [0.2, 0.25) is 0 Å². The second-order valence-corrected chi connectivity index (χ2v) is 2.82. The Morgan fingerprint density at radius 3 is 2.60 bits per heavy atom. The van der Waals surface area contributed by atoms with Gasteiger partial charge in [-0.05, 0) is 12.8 Å². The van der Waals surface area contributed by atoms with E-state index >= 15 is 0 Å². The van der Waals surface area contributed by atoms with Crippen LogP contribution >= 0.6 is 0 Å². The Labute approximate surface area is 64.4 Å². The molecule has 10 heavy (non-hydrogen) atoms. The minimum Gasteiger partial charge on any atom is -0.357 e.